The molecule has 1 saturated heterocycles. The summed E-state index contributed by atoms with van der Waals surface area (Å²) in [5.41, 5.74) is 6.04. The van der Waals surface area contributed by atoms with Crippen molar-refractivity contribution in [1.82, 2.24) is 4.90 Å². The van der Waals surface area contributed by atoms with Gasteiger partial charge in [0, 0.05) is 12.6 Å². The van der Waals surface area contributed by atoms with Crippen LogP contribution in [0.3, 0.4) is 0 Å². The van der Waals surface area contributed by atoms with Gasteiger partial charge in [-0.15, -0.1) is 0 Å². The highest BCUT2D eigenvalue weighted by atomic mass is 16.5. The highest BCUT2D eigenvalue weighted by molar-refractivity contribution is 5.78. The van der Waals surface area contributed by atoms with Gasteiger partial charge < -0.3 is 15.4 Å². The van der Waals surface area contributed by atoms with E-state index in [0.29, 0.717) is 23.6 Å². The van der Waals surface area contributed by atoms with E-state index >= 15 is 0 Å². The first-order valence-corrected chi connectivity index (χ1v) is 9.34. The molecule has 1 heterocycles. The van der Waals surface area contributed by atoms with Crippen molar-refractivity contribution in [3.05, 3.63) is 29.8 Å². The average molecular weight is 344 g/mol. The number of carbonyl (C=O) groups is 2. The van der Waals surface area contributed by atoms with Gasteiger partial charge >= 0.3 is 0 Å². The Labute approximate surface area is 149 Å². The Balaban J connectivity index is 1.57. The molecule has 5 nitrogen and oxygen atoms in total. The second-order valence-electron chi connectivity index (χ2n) is 7.46. The number of primary amides is 1. The number of fused-ring (bicyclic) bond motifs is 1. The summed E-state index contributed by atoms with van der Waals surface area (Å²) >= 11 is 0. The van der Waals surface area contributed by atoms with Crippen LogP contribution in [-0.4, -0.2) is 35.9 Å². The maximum atomic E-state index is 12.7. The molecular weight excluding hydrogens is 316 g/mol. The van der Waals surface area contributed by atoms with E-state index < -0.39 is 0 Å². The first-order chi connectivity index (χ1) is 12.0. The lowest BCUT2D eigenvalue weighted by Crippen LogP contribution is -2.54. The van der Waals surface area contributed by atoms with Crippen molar-refractivity contribution in [3.63, 3.8) is 0 Å². The summed E-state index contributed by atoms with van der Waals surface area (Å²) < 4.78 is 5.69. The first kappa shape index (κ1) is 17.8. The Morgan fingerprint density at radius 2 is 1.88 bits per heavy atom. The third-order valence-electron chi connectivity index (χ3n) is 5.62. The SMILES string of the molecule is CC1CCCC2CCCN(C(=O)COc3ccc(CC(N)=O)cc3)C12. The van der Waals surface area contributed by atoms with Gasteiger partial charge in [0.05, 0.1) is 6.42 Å². The number of likely N-dealkylation sites (tertiary alicyclic amines) is 1. The van der Waals surface area contributed by atoms with Gasteiger partial charge in [-0.1, -0.05) is 25.5 Å². The molecule has 0 radical (unpaired) electrons. The third-order valence-corrected chi connectivity index (χ3v) is 5.62. The third kappa shape index (κ3) is 4.33. The van der Waals surface area contributed by atoms with Crippen LogP contribution >= 0.6 is 0 Å². The molecule has 2 N–H and O–H groups in total. The standard InChI is InChI=1S/C20H28N2O3/c1-14-4-2-5-16-6-3-11-22(20(14)16)19(24)13-25-17-9-7-15(8-10-17)12-18(21)23/h7-10,14,16,20H,2-6,11-13H2,1H3,(H2,21,23). The summed E-state index contributed by atoms with van der Waals surface area (Å²) in [4.78, 5) is 25.7. The molecule has 1 saturated carbocycles. The zero-order valence-electron chi connectivity index (χ0n) is 14.9. The lowest BCUT2D eigenvalue weighted by atomic mass is 9.73. The molecule has 1 aromatic carbocycles. The van der Waals surface area contributed by atoms with Crippen molar-refractivity contribution in [2.45, 2.75) is 51.5 Å². The van der Waals surface area contributed by atoms with E-state index in [2.05, 4.69) is 11.8 Å². The Kier molecular flexibility index (Phi) is 5.61. The summed E-state index contributed by atoms with van der Waals surface area (Å²) in [6.07, 6.45) is 6.32. The van der Waals surface area contributed by atoms with Gasteiger partial charge in [-0.05, 0) is 55.2 Å². The predicted molar refractivity (Wildman–Crippen MR) is 96.1 cm³/mol. The van der Waals surface area contributed by atoms with Gasteiger partial charge in [0.2, 0.25) is 5.91 Å². The molecule has 1 aliphatic heterocycles. The van der Waals surface area contributed by atoms with E-state index in [9.17, 15) is 9.59 Å². The maximum absolute atomic E-state index is 12.7. The molecule has 0 bridgehead atoms. The smallest absolute Gasteiger partial charge is 0.260 e. The second-order valence-corrected chi connectivity index (χ2v) is 7.46. The fourth-order valence-corrected chi connectivity index (χ4v) is 4.48. The summed E-state index contributed by atoms with van der Waals surface area (Å²) in [6.45, 7) is 3.21. The van der Waals surface area contributed by atoms with E-state index in [1.807, 2.05) is 12.1 Å². The van der Waals surface area contributed by atoms with E-state index in [4.69, 9.17) is 10.5 Å². The summed E-state index contributed by atoms with van der Waals surface area (Å²) in [7, 11) is 0. The number of amides is 2. The van der Waals surface area contributed by atoms with Crippen LogP contribution in [0, 0.1) is 11.8 Å². The van der Waals surface area contributed by atoms with Gasteiger partial charge in [0.15, 0.2) is 6.61 Å². The van der Waals surface area contributed by atoms with Crippen LogP contribution in [0.2, 0.25) is 0 Å². The molecule has 3 atom stereocenters. The van der Waals surface area contributed by atoms with Gasteiger partial charge in [0.1, 0.15) is 5.75 Å². The maximum Gasteiger partial charge on any atom is 0.260 e. The minimum Gasteiger partial charge on any atom is -0.484 e. The van der Waals surface area contributed by atoms with Crippen molar-refractivity contribution >= 4 is 11.8 Å². The van der Waals surface area contributed by atoms with Crippen molar-refractivity contribution in [2.75, 3.05) is 13.2 Å². The number of nitrogens with two attached hydrogens (primary N) is 1. The van der Waals surface area contributed by atoms with Gasteiger partial charge in [-0.2, -0.15) is 0 Å². The van der Waals surface area contributed by atoms with Crippen LogP contribution < -0.4 is 10.5 Å². The number of hydrogen-bond donors (Lipinski definition) is 1. The molecule has 2 amide bonds. The van der Waals surface area contributed by atoms with Gasteiger partial charge in [-0.3, -0.25) is 9.59 Å². The lowest BCUT2D eigenvalue weighted by molar-refractivity contribution is -0.141. The van der Waals surface area contributed by atoms with Crippen molar-refractivity contribution in [2.24, 2.45) is 17.6 Å². The molecule has 3 rings (SSSR count). The molecule has 0 aromatic heterocycles. The van der Waals surface area contributed by atoms with Gasteiger partial charge in [0.25, 0.3) is 5.91 Å². The molecule has 136 valence electrons. The predicted octanol–water partition coefficient (Wildman–Crippen LogP) is 2.52. The Hall–Kier alpha value is -2.04. The summed E-state index contributed by atoms with van der Waals surface area (Å²) in [5, 5.41) is 0. The minimum atomic E-state index is -0.356. The minimum absolute atomic E-state index is 0.0745. The highest BCUT2D eigenvalue weighted by Gasteiger charge is 2.39. The fourth-order valence-electron chi connectivity index (χ4n) is 4.48. The quantitative estimate of drug-likeness (QED) is 0.892. The lowest BCUT2D eigenvalue weighted by Gasteiger charge is -2.47. The number of nitrogens with zero attached hydrogens (tertiary/aromatic N) is 1. The highest BCUT2D eigenvalue weighted by Crippen LogP contribution is 2.38. The topological polar surface area (TPSA) is 72.6 Å². The molecule has 1 aromatic rings. The molecule has 0 spiro atoms. The number of piperidine rings is 1. The average Bonchev–Trinajstić information content (AvgIpc) is 2.60. The molecule has 2 fully saturated rings. The van der Waals surface area contributed by atoms with Crippen LogP contribution in [0.25, 0.3) is 0 Å². The summed E-state index contributed by atoms with van der Waals surface area (Å²) in [5.74, 6) is 1.62. The van der Waals surface area contributed by atoms with E-state index in [1.165, 1.54) is 25.7 Å². The number of carbonyl (C=O) groups excluding carboxylic acids is 2. The van der Waals surface area contributed by atoms with E-state index in [-0.39, 0.29) is 24.8 Å². The van der Waals surface area contributed by atoms with Gasteiger partial charge in [-0.25, -0.2) is 0 Å². The van der Waals surface area contributed by atoms with Crippen molar-refractivity contribution in [3.8, 4) is 5.75 Å². The molecule has 3 unspecified atom stereocenters. The molecule has 5 heteroatoms. The second kappa shape index (κ2) is 7.89. The van der Waals surface area contributed by atoms with Crippen LogP contribution in [0.15, 0.2) is 24.3 Å². The largest absolute Gasteiger partial charge is 0.484 e. The van der Waals surface area contributed by atoms with Crippen molar-refractivity contribution in [1.29, 1.82) is 0 Å². The first-order valence-electron chi connectivity index (χ1n) is 9.34. The Bertz CT molecular complexity index is 612. The van der Waals surface area contributed by atoms with Crippen LogP contribution in [-0.2, 0) is 16.0 Å². The zero-order chi connectivity index (χ0) is 17.8. The molecular formula is C20H28N2O3. The van der Waals surface area contributed by atoms with E-state index in [1.54, 1.807) is 12.1 Å². The Morgan fingerprint density at radius 1 is 1.16 bits per heavy atom. The Morgan fingerprint density at radius 3 is 2.60 bits per heavy atom. The fraction of sp³-hybridized carbons (Fsp3) is 0.600. The van der Waals surface area contributed by atoms with E-state index in [0.717, 1.165) is 18.5 Å². The number of hydrogen-bond acceptors (Lipinski definition) is 3. The van der Waals surface area contributed by atoms with Crippen LogP contribution in [0.4, 0.5) is 0 Å². The molecule has 1 aliphatic carbocycles. The monoisotopic (exact) mass is 344 g/mol. The van der Waals surface area contributed by atoms with Crippen LogP contribution in [0.1, 0.15) is 44.6 Å². The van der Waals surface area contributed by atoms with Crippen molar-refractivity contribution < 1.29 is 14.3 Å². The number of rotatable bonds is 5. The molecule has 25 heavy (non-hydrogen) atoms. The number of ether oxygens (including phenoxy) is 1. The molecule has 2 aliphatic rings. The number of benzene rings is 1. The summed E-state index contributed by atoms with van der Waals surface area (Å²) in [6, 6.07) is 7.58. The normalized spacial score (nSPS) is 26.0. The zero-order valence-corrected chi connectivity index (χ0v) is 14.9. The van der Waals surface area contributed by atoms with Crippen LogP contribution in [0.5, 0.6) is 5.75 Å².